The second-order valence-corrected chi connectivity index (χ2v) is 6.57. The van der Waals surface area contributed by atoms with E-state index in [1.807, 2.05) is 11.9 Å². The molecule has 0 aromatic heterocycles. The van der Waals surface area contributed by atoms with Gasteiger partial charge in [0.2, 0.25) is 11.8 Å². The number of benzene rings is 1. The second-order valence-electron chi connectivity index (χ2n) is 6.57. The highest BCUT2D eigenvalue weighted by atomic mass is 16.2. The molecule has 0 bridgehead atoms. The van der Waals surface area contributed by atoms with Gasteiger partial charge in [-0.25, -0.2) is 0 Å². The maximum atomic E-state index is 12.5. The summed E-state index contributed by atoms with van der Waals surface area (Å²) >= 11 is 0. The van der Waals surface area contributed by atoms with Crippen LogP contribution in [0.4, 0.5) is 0 Å². The zero-order valence-electron chi connectivity index (χ0n) is 13.8. The number of hydrogen-bond donors (Lipinski definition) is 0. The normalized spacial score (nSPS) is 19.5. The molecule has 4 nitrogen and oxygen atoms in total. The third-order valence-corrected chi connectivity index (χ3v) is 5.11. The van der Waals surface area contributed by atoms with Crippen LogP contribution in [0.1, 0.15) is 29.5 Å². The number of fused-ring (bicyclic) bond motifs is 1. The predicted octanol–water partition coefficient (Wildman–Crippen LogP) is 1.96. The van der Waals surface area contributed by atoms with Gasteiger partial charge in [-0.1, -0.05) is 24.8 Å². The second kappa shape index (κ2) is 6.57. The first kappa shape index (κ1) is 15.8. The Morgan fingerprint density at radius 2 is 2.13 bits per heavy atom. The van der Waals surface area contributed by atoms with Gasteiger partial charge in [-0.15, -0.1) is 0 Å². The molecule has 1 aromatic carbocycles. The zero-order chi connectivity index (χ0) is 16.4. The van der Waals surface area contributed by atoms with Gasteiger partial charge in [-0.2, -0.15) is 0 Å². The minimum Gasteiger partial charge on any atom is -0.341 e. The van der Waals surface area contributed by atoms with Crippen LogP contribution in [0.15, 0.2) is 30.9 Å². The molecule has 1 aromatic rings. The summed E-state index contributed by atoms with van der Waals surface area (Å²) in [6.07, 6.45) is 6.14. The average molecular weight is 312 g/mol. The van der Waals surface area contributed by atoms with E-state index in [0.717, 1.165) is 18.4 Å². The van der Waals surface area contributed by atoms with Crippen molar-refractivity contribution in [3.8, 4) is 0 Å². The van der Waals surface area contributed by atoms with Crippen molar-refractivity contribution in [2.24, 2.45) is 0 Å². The molecule has 0 saturated carbocycles. The highest BCUT2D eigenvalue weighted by molar-refractivity contribution is 5.87. The van der Waals surface area contributed by atoms with E-state index in [-0.39, 0.29) is 17.9 Å². The van der Waals surface area contributed by atoms with Gasteiger partial charge in [0.25, 0.3) is 0 Å². The summed E-state index contributed by atoms with van der Waals surface area (Å²) in [5.41, 5.74) is 3.94. The zero-order valence-corrected chi connectivity index (χ0v) is 13.8. The van der Waals surface area contributed by atoms with E-state index in [2.05, 4.69) is 24.8 Å². The molecule has 3 rings (SSSR count). The largest absolute Gasteiger partial charge is 0.341 e. The summed E-state index contributed by atoms with van der Waals surface area (Å²) in [5.74, 6) is 0.0767. The Kier molecular flexibility index (Phi) is 4.51. The summed E-state index contributed by atoms with van der Waals surface area (Å²) < 4.78 is 0. The third kappa shape index (κ3) is 3.31. The molecule has 0 radical (unpaired) electrons. The van der Waals surface area contributed by atoms with Crippen molar-refractivity contribution in [2.45, 2.75) is 38.1 Å². The summed E-state index contributed by atoms with van der Waals surface area (Å²) in [6, 6.07) is 6.56. The predicted molar refractivity (Wildman–Crippen MR) is 90.1 cm³/mol. The number of aryl methyl sites for hydroxylation is 2. The van der Waals surface area contributed by atoms with E-state index < -0.39 is 0 Å². The van der Waals surface area contributed by atoms with E-state index in [1.54, 1.807) is 4.90 Å². The number of carbonyl (C=O) groups is 2. The van der Waals surface area contributed by atoms with Crippen LogP contribution in [-0.4, -0.2) is 47.8 Å². The fraction of sp³-hybridized carbons (Fsp3) is 0.474. The summed E-state index contributed by atoms with van der Waals surface area (Å²) in [6.45, 7) is 4.83. The van der Waals surface area contributed by atoms with Crippen molar-refractivity contribution >= 4 is 11.8 Å². The van der Waals surface area contributed by atoms with E-state index in [1.165, 1.54) is 30.0 Å². The molecule has 2 amide bonds. The summed E-state index contributed by atoms with van der Waals surface area (Å²) in [5, 5.41) is 0. The quantitative estimate of drug-likeness (QED) is 0.798. The van der Waals surface area contributed by atoms with Crippen LogP contribution in [0.3, 0.4) is 0 Å². The lowest BCUT2D eigenvalue weighted by atomic mass is 10.0. The summed E-state index contributed by atoms with van der Waals surface area (Å²) in [4.78, 5) is 27.8. The first-order chi connectivity index (χ1) is 11.1. The first-order valence-electron chi connectivity index (χ1n) is 8.36. The highest BCUT2D eigenvalue weighted by Crippen LogP contribution is 2.23. The fourth-order valence-corrected chi connectivity index (χ4v) is 3.63. The molecule has 1 atom stereocenters. The molecule has 1 heterocycles. The molecule has 0 spiro atoms. The Balaban J connectivity index is 1.60. The van der Waals surface area contributed by atoms with Crippen LogP contribution in [0, 0.1) is 0 Å². The molecule has 1 aliphatic heterocycles. The first-order valence-corrected chi connectivity index (χ1v) is 8.36. The number of rotatable bonds is 4. The van der Waals surface area contributed by atoms with Crippen LogP contribution in [0.2, 0.25) is 0 Å². The van der Waals surface area contributed by atoms with Gasteiger partial charge >= 0.3 is 0 Å². The van der Waals surface area contributed by atoms with Crippen molar-refractivity contribution in [3.05, 3.63) is 47.5 Å². The number of hydrogen-bond acceptors (Lipinski definition) is 2. The van der Waals surface area contributed by atoms with Gasteiger partial charge in [0.05, 0.1) is 12.5 Å². The third-order valence-electron chi connectivity index (χ3n) is 5.11. The number of likely N-dealkylation sites (tertiary alicyclic amines) is 1. The number of nitrogens with zero attached hydrogens (tertiary/aromatic N) is 2. The Hall–Kier alpha value is -2.10. The average Bonchev–Trinajstić information content (AvgIpc) is 3.22. The van der Waals surface area contributed by atoms with Gasteiger partial charge in [-0.3, -0.25) is 9.59 Å². The van der Waals surface area contributed by atoms with E-state index in [4.69, 9.17) is 0 Å². The van der Waals surface area contributed by atoms with E-state index in [0.29, 0.717) is 19.5 Å². The van der Waals surface area contributed by atoms with Crippen molar-refractivity contribution in [1.82, 2.24) is 9.80 Å². The Bertz CT molecular complexity index is 638. The molecule has 2 aliphatic rings. The number of amides is 2. The minimum atomic E-state index is -0.0491. The molecule has 23 heavy (non-hydrogen) atoms. The van der Waals surface area contributed by atoms with Crippen molar-refractivity contribution in [2.75, 3.05) is 20.1 Å². The topological polar surface area (TPSA) is 40.6 Å². The minimum absolute atomic E-state index is 0.0491. The Morgan fingerprint density at radius 3 is 2.91 bits per heavy atom. The molecule has 1 saturated heterocycles. The monoisotopic (exact) mass is 312 g/mol. The van der Waals surface area contributed by atoms with Crippen LogP contribution < -0.4 is 0 Å². The van der Waals surface area contributed by atoms with Gasteiger partial charge < -0.3 is 9.80 Å². The Morgan fingerprint density at radius 1 is 1.35 bits per heavy atom. The van der Waals surface area contributed by atoms with Gasteiger partial charge in [0, 0.05) is 20.1 Å². The standard InChI is InChI=1S/C19H24N2O2/c1-3-18(22)21-10-9-17(13-21)20(2)19(23)12-14-7-8-15-5-4-6-16(15)11-14/h3,7-8,11,17H,1,4-6,9-10,12-13H2,2H3/t17-/m0/s1. The molecule has 4 heteroatoms. The van der Waals surface area contributed by atoms with Crippen molar-refractivity contribution in [3.63, 3.8) is 0 Å². The SMILES string of the molecule is C=CC(=O)N1CC[C@H](N(C)C(=O)Cc2ccc3c(c2)CCC3)C1. The number of likely N-dealkylation sites (N-methyl/N-ethyl adjacent to an activating group) is 1. The molecule has 1 fully saturated rings. The molecule has 122 valence electrons. The van der Waals surface area contributed by atoms with Crippen LogP contribution in [0.5, 0.6) is 0 Å². The van der Waals surface area contributed by atoms with Gasteiger partial charge in [0.1, 0.15) is 0 Å². The Labute approximate surface area is 137 Å². The van der Waals surface area contributed by atoms with Gasteiger partial charge in [-0.05, 0) is 48.4 Å². The lowest BCUT2D eigenvalue weighted by Crippen LogP contribution is -2.40. The van der Waals surface area contributed by atoms with Crippen LogP contribution >= 0.6 is 0 Å². The molecular weight excluding hydrogens is 288 g/mol. The van der Waals surface area contributed by atoms with Crippen molar-refractivity contribution in [1.29, 1.82) is 0 Å². The molecule has 0 N–H and O–H groups in total. The maximum Gasteiger partial charge on any atom is 0.246 e. The van der Waals surface area contributed by atoms with Crippen LogP contribution in [0.25, 0.3) is 0 Å². The van der Waals surface area contributed by atoms with Gasteiger partial charge in [0.15, 0.2) is 0 Å². The lowest BCUT2D eigenvalue weighted by Gasteiger charge is -2.25. The lowest BCUT2D eigenvalue weighted by molar-refractivity contribution is -0.132. The van der Waals surface area contributed by atoms with Crippen LogP contribution in [-0.2, 0) is 28.9 Å². The highest BCUT2D eigenvalue weighted by Gasteiger charge is 2.30. The smallest absolute Gasteiger partial charge is 0.246 e. The number of carbonyl (C=O) groups excluding carboxylic acids is 2. The van der Waals surface area contributed by atoms with E-state index >= 15 is 0 Å². The van der Waals surface area contributed by atoms with E-state index in [9.17, 15) is 9.59 Å². The maximum absolute atomic E-state index is 12.5. The molecule has 1 aliphatic carbocycles. The molecule has 0 unspecified atom stereocenters. The fourth-order valence-electron chi connectivity index (χ4n) is 3.63. The summed E-state index contributed by atoms with van der Waals surface area (Å²) in [7, 11) is 1.85. The molecular formula is C19H24N2O2. The van der Waals surface area contributed by atoms with Crippen molar-refractivity contribution < 1.29 is 9.59 Å².